The Bertz CT molecular complexity index is 925. The molecule has 0 amide bonds. The zero-order chi connectivity index (χ0) is 28.5. The fourth-order valence-electron chi connectivity index (χ4n) is 6.74. The van der Waals surface area contributed by atoms with Gasteiger partial charge in [-0.3, -0.25) is 0 Å². The zero-order valence-corrected chi connectivity index (χ0v) is 28.3. The normalized spacial score (nSPS) is 23.2. The van der Waals surface area contributed by atoms with Crippen LogP contribution in [0.25, 0.3) is 0 Å². The summed E-state index contributed by atoms with van der Waals surface area (Å²) in [5.41, 5.74) is 0. The lowest BCUT2D eigenvalue weighted by Gasteiger charge is -2.41. The average Bonchev–Trinajstić information content (AvgIpc) is 3.00. The van der Waals surface area contributed by atoms with Gasteiger partial charge in [0.15, 0.2) is 0 Å². The fraction of sp³-hybridized carbons (Fsp3) is 0.579. The molecule has 2 aromatic rings. The van der Waals surface area contributed by atoms with Gasteiger partial charge in [-0.2, -0.15) is 0 Å². The van der Waals surface area contributed by atoms with Crippen molar-refractivity contribution < 1.29 is 0 Å². The molecule has 2 heteroatoms. The van der Waals surface area contributed by atoms with Crippen molar-refractivity contribution in [3.8, 4) is 0 Å². The first-order chi connectivity index (χ1) is 19.7. The average molecular weight is 579 g/mol. The van der Waals surface area contributed by atoms with Crippen LogP contribution in [0.3, 0.4) is 0 Å². The van der Waals surface area contributed by atoms with Crippen molar-refractivity contribution in [3.05, 3.63) is 83.4 Å². The van der Waals surface area contributed by atoms with Crippen LogP contribution < -0.4 is 10.6 Å². The van der Waals surface area contributed by atoms with Gasteiger partial charge in [-0.25, -0.2) is 0 Å². The van der Waals surface area contributed by atoms with E-state index in [9.17, 15) is 0 Å². The molecule has 40 heavy (non-hydrogen) atoms. The van der Waals surface area contributed by atoms with Crippen LogP contribution in [0.2, 0.25) is 0 Å². The summed E-state index contributed by atoms with van der Waals surface area (Å²) >= 11 is 0. The van der Waals surface area contributed by atoms with Gasteiger partial charge in [-0.15, -0.1) is 0 Å². The number of unbranched alkanes of at least 4 members (excludes halogenated alkanes) is 10. The molecule has 0 spiro atoms. The van der Waals surface area contributed by atoms with Gasteiger partial charge in [0.2, 0.25) is 0 Å². The van der Waals surface area contributed by atoms with E-state index in [2.05, 4.69) is 101 Å². The van der Waals surface area contributed by atoms with E-state index in [1.807, 2.05) is 10.6 Å². The minimum Gasteiger partial charge on any atom is -0.0654 e. The summed E-state index contributed by atoms with van der Waals surface area (Å²) in [5, 5.41) is 7.19. The molecule has 0 nitrogen and oxygen atoms in total. The molecule has 0 radical (unpaired) electrons. The number of allylic oxidation sites excluding steroid dienone is 4. The number of hydrogen-bond donors (Lipinski definition) is 0. The predicted molar refractivity (Wildman–Crippen MR) is 189 cm³/mol. The molecule has 2 atom stereocenters. The molecule has 3 rings (SSSR count). The van der Waals surface area contributed by atoms with Gasteiger partial charge < -0.3 is 0 Å². The molecule has 1 fully saturated rings. The van der Waals surface area contributed by atoms with E-state index in [0.29, 0.717) is 0 Å². The van der Waals surface area contributed by atoms with Crippen molar-refractivity contribution in [1.29, 1.82) is 0 Å². The Morgan fingerprint density at radius 3 is 1.18 bits per heavy atom. The van der Waals surface area contributed by atoms with Crippen molar-refractivity contribution in [2.45, 2.75) is 118 Å². The second-order valence-corrected chi connectivity index (χ2v) is 19.7. The van der Waals surface area contributed by atoms with Crippen LogP contribution in [0, 0.1) is 0 Å². The summed E-state index contributed by atoms with van der Waals surface area (Å²) in [4.78, 5) is 0. The van der Waals surface area contributed by atoms with Crippen LogP contribution in [0.15, 0.2) is 83.4 Å². The van der Waals surface area contributed by atoms with E-state index < -0.39 is 14.5 Å². The third-order valence-corrected chi connectivity index (χ3v) is 19.0. The van der Waals surface area contributed by atoms with E-state index in [1.54, 1.807) is 10.6 Å². The number of hydrogen-bond acceptors (Lipinski definition) is 0. The first kappa shape index (κ1) is 33.3. The van der Waals surface area contributed by atoms with Gasteiger partial charge >= 0.3 is 0 Å². The van der Waals surface area contributed by atoms with Crippen LogP contribution in [0.1, 0.15) is 118 Å². The van der Waals surface area contributed by atoms with Crippen molar-refractivity contribution in [1.82, 2.24) is 0 Å². The van der Waals surface area contributed by atoms with Crippen LogP contribution in [-0.4, -0.2) is 24.6 Å². The lowest BCUT2D eigenvalue weighted by molar-refractivity contribution is 0.727. The van der Waals surface area contributed by atoms with Gasteiger partial charge in [0.05, 0.1) is 37.5 Å². The molecular weight excluding hydrogens is 518 g/mol. The van der Waals surface area contributed by atoms with E-state index in [0.717, 1.165) is 0 Å². The van der Waals surface area contributed by atoms with E-state index in [4.69, 9.17) is 0 Å². The zero-order valence-electron chi connectivity index (χ0n) is 26.6. The first-order valence-corrected chi connectivity index (χ1v) is 21.2. The minimum atomic E-state index is -1.46. The fourth-order valence-corrected chi connectivity index (χ4v) is 18.5. The largest absolute Gasteiger partial charge is 0.125 e. The first-order valence-electron chi connectivity index (χ1n) is 16.9. The Balaban J connectivity index is 2.21. The maximum Gasteiger partial charge on any atom is 0.125 e. The summed E-state index contributed by atoms with van der Waals surface area (Å²) in [6.45, 7) is 9.42. The summed E-state index contributed by atoms with van der Waals surface area (Å²) in [5.74, 6) is 0. The Kier molecular flexibility index (Phi) is 15.3. The van der Waals surface area contributed by atoms with Crippen LogP contribution in [0.5, 0.6) is 0 Å². The van der Waals surface area contributed by atoms with Crippen molar-refractivity contribution in [2.24, 2.45) is 0 Å². The molecule has 2 unspecified atom stereocenters. The van der Waals surface area contributed by atoms with Gasteiger partial charge in [-0.05, 0) is 74.9 Å². The number of benzene rings is 2. The van der Waals surface area contributed by atoms with Gasteiger partial charge in [0.1, 0.15) is 23.0 Å². The molecule has 0 bridgehead atoms. The maximum absolute atomic E-state index is 2.81. The molecule has 2 aromatic carbocycles. The smallest absolute Gasteiger partial charge is 0.0654 e. The van der Waals surface area contributed by atoms with E-state index >= 15 is 0 Å². The van der Waals surface area contributed by atoms with Gasteiger partial charge in [0.25, 0.3) is 0 Å². The second kappa shape index (κ2) is 18.3. The highest BCUT2D eigenvalue weighted by Crippen LogP contribution is 2.81. The Morgan fingerprint density at radius 2 is 0.825 bits per heavy atom. The highest BCUT2D eigenvalue weighted by atomic mass is 31.2. The molecule has 0 N–H and O–H groups in total. The highest BCUT2D eigenvalue weighted by Gasteiger charge is 2.60. The van der Waals surface area contributed by atoms with Crippen LogP contribution >= 0.6 is 14.5 Å². The van der Waals surface area contributed by atoms with E-state index in [1.165, 1.54) is 115 Å². The summed E-state index contributed by atoms with van der Waals surface area (Å²) in [7, 11) is -2.92. The minimum absolute atomic E-state index is 1.27. The third-order valence-electron chi connectivity index (χ3n) is 9.13. The topological polar surface area (TPSA) is 0 Å². The Hall–Kier alpha value is -1.22. The maximum atomic E-state index is 2.81. The monoisotopic (exact) mass is 578 g/mol. The summed E-state index contributed by atoms with van der Waals surface area (Å²) in [6.07, 6.45) is 29.8. The quantitative estimate of drug-likeness (QED) is 0.122. The van der Waals surface area contributed by atoms with Gasteiger partial charge in [0, 0.05) is 0 Å². The molecule has 1 aliphatic heterocycles. The molecule has 0 aliphatic carbocycles. The highest BCUT2D eigenvalue weighted by molar-refractivity contribution is 7.94. The van der Waals surface area contributed by atoms with Crippen molar-refractivity contribution in [3.63, 3.8) is 0 Å². The third kappa shape index (κ3) is 8.89. The van der Waals surface area contributed by atoms with E-state index in [-0.39, 0.29) is 0 Å². The second-order valence-electron chi connectivity index (χ2n) is 12.2. The Morgan fingerprint density at radius 1 is 0.475 bits per heavy atom. The molecule has 0 saturated carbocycles. The standard InChI is InChI=1S/C38H60P2/c1-5-9-13-17-29-37-33-40(32-24-12-8-4,36-27-21-16-22-28-36)38(30-18-14-10-6-2)34-39(37,31-23-11-7-3)35-25-19-15-20-26-35/h15-16,19-22,25-30H,5-14,17-18,23-24,31-34H2,1-4H3/q+2/b37-29+,38-30+. The molecule has 0 aromatic heterocycles. The Labute approximate surface area is 250 Å². The molecular formula is C38H60P2+2. The van der Waals surface area contributed by atoms with Crippen molar-refractivity contribution >= 4 is 25.1 Å². The predicted octanol–water partition coefficient (Wildman–Crippen LogP) is 12.0. The van der Waals surface area contributed by atoms with Gasteiger partial charge in [-0.1, -0.05) is 115 Å². The summed E-state index contributed by atoms with van der Waals surface area (Å²) in [6, 6.07) is 23.8. The molecule has 1 heterocycles. The van der Waals surface area contributed by atoms with Crippen LogP contribution in [0.4, 0.5) is 0 Å². The van der Waals surface area contributed by atoms with Crippen molar-refractivity contribution in [2.75, 3.05) is 24.6 Å². The number of rotatable bonds is 18. The SMILES string of the molecule is CCCCC/C=C1\C[P+](CCCCC)(c2ccccc2)/C(=C/CCCCC)C[P+]1(CCCCC)c1ccccc1. The molecule has 1 saturated heterocycles. The summed E-state index contributed by atoms with van der Waals surface area (Å²) < 4.78 is 0. The van der Waals surface area contributed by atoms with Crippen LogP contribution in [-0.2, 0) is 0 Å². The lowest BCUT2D eigenvalue weighted by atomic mass is 10.2. The molecule has 1 aliphatic rings. The molecule has 220 valence electrons. The lowest BCUT2D eigenvalue weighted by Crippen LogP contribution is -2.32.